The minimum atomic E-state index is -3.47. The lowest BCUT2D eigenvalue weighted by atomic mass is 10.4. The van der Waals surface area contributed by atoms with Crippen molar-refractivity contribution in [2.75, 3.05) is 32.1 Å². The van der Waals surface area contributed by atoms with E-state index in [2.05, 4.69) is 11.9 Å². The van der Waals surface area contributed by atoms with Crippen molar-refractivity contribution in [3.05, 3.63) is 30.5 Å². The molecule has 19 heavy (non-hydrogen) atoms. The molecule has 0 saturated heterocycles. The van der Waals surface area contributed by atoms with Crippen molar-refractivity contribution in [3.8, 4) is 0 Å². The number of hydrogen-bond donors (Lipinski definition) is 1. The van der Waals surface area contributed by atoms with Crippen LogP contribution in [-0.4, -0.2) is 44.9 Å². The lowest BCUT2D eigenvalue weighted by molar-refractivity contribution is 0.391. The van der Waals surface area contributed by atoms with Crippen molar-refractivity contribution in [1.29, 1.82) is 0 Å². The van der Waals surface area contributed by atoms with Gasteiger partial charge in [-0.1, -0.05) is 6.08 Å². The van der Waals surface area contributed by atoms with Crippen LogP contribution in [0.5, 0.6) is 0 Å². The Balaban J connectivity index is 2.41. The normalized spacial score (nSPS) is 11.9. The Hall–Kier alpha value is -0.760. The molecular weight excluding hydrogens is 284 g/mol. The summed E-state index contributed by atoms with van der Waals surface area (Å²) in [5.41, 5.74) is 0. The molecule has 0 aliphatic rings. The Morgan fingerprint density at radius 2 is 2.21 bits per heavy atom. The van der Waals surface area contributed by atoms with E-state index in [4.69, 9.17) is 4.42 Å². The molecule has 0 aliphatic heterocycles. The van der Waals surface area contributed by atoms with Gasteiger partial charge in [-0.15, -0.1) is 6.58 Å². The maximum Gasteiger partial charge on any atom is 0.275 e. The summed E-state index contributed by atoms with van der Waals surface area (Å²) in [4.78, 5) is 0. The average molecular weight is 304 g/mol. The van der Waals surface area contributed by atoms with Crippen LogP contribution in [0.1, 0.15) is 5.76 Å². The largest absolute Gasteiger partial charge is 0.447 e. The van der Waals surface area contributed by atoms with Crippen LogP contribution in [-0.2, 0) is 16.6 Å². The SMILES string of the molecule is C=CCSCCNCc1ccc(S(=O)(=O)N(C)C)o1. The molecule has 1 aromatic rings. The molecule has 0 saturated carbocycles. The number of nitrogens with one attached hydrogen (secondary N) is 1. The van der Waals surface area contributed by atoms with Gasteiger partial charge < -0.3 is 9.73 Å². The van der Waals surface area contributed by atoms with Crippen molar-refractivity contribution >= 4 is 21.8 Å². The number of nitrogens with zero attached hydrogens (tertiary/aromatic N) is 1. The molecule has 0 bridgehead atoms. The Kier molecular flexibility index (Phi) is 6.64. The predicted octanol–water partition coefficient (Wildman–Crippen LogP) is 1.54. The van der Waals surface area contributed by atoms with Crippen LogP contribution in [0.25, 0.3) is 0 Å². The van der Waals surface area contributed by atoms with Crippen LogP contribution in [0.3, 0.4) is 0 Å². The molecule has 7 heteroatoms. The smallest absolute Gasteiger partial charge is 0.275 e. The van der Waals surface area contributed by atoms with E-state index < -0.39 is 10.0 Å². The first-order valence-electron chi connectivity index (χ1n) is 5.89. The van der Waals surface area contributed by atoms with Crippen molar-refractivity contribution in [1.82, 2.24) is 9.62 Å². The molecule has 1 aromatic heterocycles. The summed E-state index contributed by atoms with van der Waals surface area (Å²) in [7, 11) is -0.517. The van der Waals surface area contributed by atoms with E-state index in [0.29, 0.717) is 12.3 Å². The molecule has 0 fully saturated rings. The third kappa shape index (κ3) is 5.02. The van der Waals surface area contributed by atoms with E-state index in [1.165, 1.54) is 20.2 Å². The zero-order valence-electron chi connectivity index (χ0n) is 11.3. The number of hydrogen-bond acceptors (Lipinski definition) is 5. The van der Waals surface area contributed by atoms with Gasteiger partial charge >= 0.3 is 0 Å². The van der Waals surface area contributed by atoms with E-state index in [9.17, 15) is 8.42 Å². The second kappa shape index (κ2) is 7.74. The molecule has 1 heterocycles. The third-order valence-electron chi connectivity index (χ3n) is 2.33. The fourth-order valence-corrected chi connectivity index (χ4v) is 2.73. The van der Waals surface area contributed by atoms with E-state index in [1.807, 2.05) is 6.08 Å². The quantitative estimate of drug-likeness (QED) is 0.554. The third-order valence-corrected chi connectivity index (χ3v) is 4.98. The Morgan fingerprint density at radius 1 is 1.47 bits per heavy atom. The number of rotatable bonds is 9. The van der Waals surface area contributed by atoms with Gasteiger partial charge in [-0.25, -0.2) is 12.7 Å². The summed E-state index contributed by atoms with van der Waals surface area (Å²) in [6, 6.07) is 3.17. The maximum atomic E-state index is 11.8. The topological polar surface area (TPSA) is 62.6 Å². The standard InChI is InChI=1S/C12H20N2O3S2/c1-4-8-18-9-7-13-10-11-5-6-12(17-11)19(15,16)14(2)3/h4-6,13H,1,7-10H2,2-3H3. The monoisotopic (exact) mass is 304 g/mol. The van der Waals surface area contributed by atoms with E-state index >= 15 is 0 Å². The van der Waals surface area contributed by atoms with E-state index in [1.54, 1.807) is 17.8 Å². The van der Waals surface area contributed by atoms with Crippen molar-refractivity contribution in [2.24, 2.45) is 0 Å². The summed E-state index contributed by atoms with van der Waals surface area (Å²) in [5.74, 6) is 2.54. The fourth-order valence-electron chi connectivity index (χ4n) is 1.29. The highest BCUT2D eigenvalue weighted by Gasteiger charge is 2.21. The summed E-state index contributed by atoms with van der Waals surface area (Å²) in [6.45, 7) is 5.02. The van der Waals surface area contributed by atoms with Crippen molar-refractivity contribution in [2.45, 2.75) is 11.6 Å². The molecule has 0 spiro atoms. The summed E-state index contributed by atoms with van der Waals surface area (Å²) in [5, 5.41) is 3.18. The molecule has 1 N–H and O–H groups in total. The summed E-state index contributed by atoms with van der Waals surface area (Å²) >= 11 is 1.79. The number of furan rings is 1. The minimum absolute atomic E-state index is 0.0182. The highest BCUT2D eigenvalue weighted by molar-refractivity contribution is 7.99. The van der Waals surface area contributed by atoms with Gasteiger partial charge in [0.05, 0.1) is 6.54 Å². The molecule has 0 radical (unpaired) electrons. The molecule has 0 aliphatic carbocycles. The molecule has 0 amide bonds. The molecule has 0 unspecified atom stereocenters. The molecule has 108 valence electrons. The molecule has 0 aromatic carbocycles. The zero-order chi connectivity index (χ0) is 14.3. The molecular formula is C12H20N2O3S2. The highest BCUT2D eigenvalue weighted by Crippen LogP contribution is 2.16. The Morgan fingerprint density at radius 3 is 2.84 bits per heavy atom. The van der Waals surface area contributed by atoms with Crippen LogP contribution in [0.15, 0.2) is 34.3 Å². The van der Waals surface area contributed by atoms with Crippen molar-refractivity contribution in [3.63, 3.8) is 0 Å². The van der Waals surface area contributed by atoms with E-state index in [-0.39, 0.29) is 5.09 Å². The van der Waals surface area contributed by atoms with Gasteiger partial charge in [-0.3, -0.25) is 0 Å². The van der Waals surface area contributed by atoms with Crippen LogP contribution in [0, 0.1) is 0 Å². The lowest BCUT2D eigenvalue weighted by Gasteiger charge is -2.07. The average Bonchev–Trinajstić information content (AvgIpc) is 2.82. The number of sulfonamides is 1. The van der Waals surface area contributed by atoms with Gasteiger partial charge in [0, 0.05) is 32.1 Å². The lowest BCUT2D eigenvalue weighted by Crippen LogP contribution is -2.21. The summed E-state index contributed by atoms with van der Waals surface area (Å²) < 4.78 is 30.0. The zero-order valence-corrected chi connectivity index (χ0v) is 12.9. The summed E-state index contributed by atoms with van der Waals surface area (Å²) in [6.07, 6.45) is 1.87. The van der Waals surface area contributed by atoms with Crippen LogP contribution in [0.2, 0.25) is 0 Å². The second-order valence-electron chi connectivity index (χ2n) is 4.05. The van der Waals surface area contributed by atoms with Gasteiger partial charge in [0.25, 0.3) is 10.0 Å². The molecule has 1 rings (SSSR count). The minimum Gasteiger partial charge on any atom is -0.447 e. The predicted molar refractivity (Wildman–Crippen MR) is 78.8 cm³/mol. The van der Waals surface area contributed by atoms with Crippen LogP contribution in [0.4, 0.5) is 0 Å². The Labute approximate surface area is 119 Å². The van der Waals surface area contributed by atoms with Crippen LogP contribution < -0.4 is 5.32 Å². The Bertz CT molecular complexity index is 495. The van der Waals surface area contributed by atoms with Crippen LogP contribution >= 0.6 is 11.8 Å². The number of thioether (sulfide) groups is 1. The van der Waals surface area contributed by atoms with Gasteiger partial charge in [0.1, 0.15) is 5.76 Å². The maximum absolute atomic E-state index is 11.8. The highest BCUT2D eigenvalue weighted by atomic mass is 32.2. The first kappa shape index (κ1) is 16.3. The fraction of sp³-hybridized carbons (Fsp3) is 0.500. The van der Waals surface area contributed by atoms with E-state index in [0.717, 1.165) is 22.4 Å². The van der Waals surface area contributed by atoms with Crippen molar-refractivity contribution < 1.29 is 12.8 Å². The van der Waals surface area contributed by atoms with Gasteiger partial charge in [-0.2, -0.15) is 11.8 Å². The van der Waals surface area contributed by atoms with Gasteiger partial charge in [-0.05, 0) is 12.1 Å². The van der Waals surface area contributed by atoms with Gasteiger partial charge in [0.2, 0.25) is 5.09 Å². The first-order valence-corrected chi connectivity index (χ1v) is 8.48. The first-order chi connectivity index (χ1) is 8.98. The second-order valence-corrected chi connectivity index (χ2v) is 7.28. The van der Waals surface area contributed by atoms with Gasteiger partial charge in [0.15, 0.2) is 0 Å². The molecule has 0 atom stereocenters. The molecule has 5 nitrogen and oxygen atoms in total.